The molecule has 0 unspecified atom stereocenters. The van der Waals surface area contributed by atoms with Gasteiger partial charge in [0, 0.05) is 38.1 Å². The molecular weight excluding hydrogens is 574 g/mol. The van der Waals surface area contributed by atoms with Crippen LogP contribution in [0, 0.1) is 5.82 Å². The van der Waals surface area contributed by atoms with E-state index in [9.17, 15) is 34.4 Å². The minimum atomic E-state index is -4.52. The van der Waals surface area contributed by atoms with E-state index < -0.39 is 54.3 Å². The molecule has 0 atom stereocenters. The van der Waals surface area contributed by atoms with Crippen molar-refractivity contribution < 1.29 is 34.4 Å². The van der Waals surface area contributed by atoms with E-state index in [2.05, 4.69) is 5.10 Å². The zero-order valence-electron chi connectivity index (χ0n) is 20.3. The van der Waals surface area contributed by atoms with Gasteiger partial charge in [-0.25, -0.2) is 12.8 Å². The summed E-state index contributed by atoms with van der Waals surface area (Å²) in [6.45, 7) is 2.11. The molecule has 0 radical (unpaired) electrons. The summed E-state index contributed by atoms with van der Waals surface area (Å²) in [5, 5.41) is 3.52. The average molecular weight is 598 g/mol. The van der Waals surface area contributed by atoms with Crippen LogP contribution in [0.4, 0.5) is 23.4 Å². The maximum absolute atomic E-state index is 14.4. The van der Waals surface area contributed by atoms with Crippen molar-refractivity contribution in [1.82, 2.24) is 18.1 Å². The molecule has 2 fully saturated rings. The lowest BCUT2D eigenvalue weighted by Crippen LogP contribution is -2.57. The minimum absolute atomic E-state index is 0.0527. The van der Waals surface area contributed by atoms with E-state index in [4.69, 9.17) is 11.6 Å². The normalized spacial score (nSPS) is 18.7. The smallest absolute Gasteiger partial charge is 0.346 e. The van der Waals surface area contributed by atoms with Gasteiger partial charge < -0.3 is 4.90 Å². The van der Waals surface area contributed by atoms with Crippen LogP contribution in [0.3, 0.4) is 0 Å². The molecule has 2 aromatic heterocycles. The van der Waals surface area contributed by atoms with Crippen LogP contribution >= 0.6 is 11.6 Å². The fourth-order valence-corrected chi connectivity index (χ4v) is 7.45. The van der Waals surface area contributed by atoms with Crippen molar-refractivity contribution in [3.05, 3.63) is 41.4 Å². The van der Waals surface area contributed by atoms with Crippen molar-refractivity contribution in [2.45, 2.75) is 48.5 Å². The Labute approximate surface area is 221 Å². The van der Waals surface area contributed by atoms with Crippen molar-refractivity contribution in [3.8, 4) is 0 Å². The van der Waals surface area contributed by atoms with E-state index in [0.717, 1.165) is 34.6 Å². The van der Waals surface area contributed by atoms with Gasteiger partial charge >= 0.3 is 6.18 Å². The third-order valence-corrected chi connectivity index (χ3v) is 10.8. The summed E-state index contributed by atoms with van der Waals surface area (Å²) in [7, 11) is -8.37. The maximum atomic E-state index is 14.4. The summed E-state index contributed by atoms with van der Waals surface area (Å²) < 4.78 is 107. The lowest BCUT2D eigenvalue weighted by atomic mass is 10.1. The highest BCUT2D eigenvalue weighted by Crippen LogP contribution is 2.49. The van der Waals surface area contributed by atoms with Gasteiger partial charge in [0.1, 0.15) is 10.7 Å². The number of rotatable bonds is 6. The molecule has 208 valence electrons. The fraction of sp³-hybridized carbons (Fsp3) is 0.500. The van der Waals surface area contributed by atoms with Crippen molar-refractivity contribution in [3.63, 3.8) is 0 Å². The minimum Gasteiger partial charge on any atom is -0.346 e. The Morgan fingerprint density at radius 2 is 1.82 bits per heavy atom. The SMILES string of the molecule is CC(C)S(=O)(=O)n1ccc(S(=O)(=O)n2nc(N3CCN(CC(F)(F)F)CC34CC4)c3c(Cl)cc(F)cc32)c1. The fourth-order valence-electron chi connectivity index (χ4n) is 4.86. The molecular formula is C22H24ClF4N5O4S2. The van der Waals surface area contributed by atoms with Crippen LogP contribution in [-0.4, -0.2) is 78.0 Å². The molecule has 16 heteroatoms. The number of hydrogen-bond acceptors (Lipinski definition) is 7. The summed E-state index contributed by atoms with van der Waals surface area (Å²) >= 11 is 6.37. The van der Waals surface area contributed by atoms with Crippen molar-refractivity contribution >= 4 is 48.4 Å². The Balaban J connectivity index is 1.61. The Morgan fingerprint density at radius 3 is 2.42 bits per heavy atom. The lowest BCUT2D eigenvalue weighted by Gasteiger charge is -2.42. The first kappa shape index (κ1) is 27.2. The van der Waals surface area contributed by atoms with Crippen molar-refractivity contribution in [1.29, 1.82) is 0 Å². The maximum Gasteiger partial charge on any atom is 0.401 e. The second-order valence-corrected chi connectivity index (χ2v) is 14.5. The number of anilines is 1. The van der Waals surface area contributed by atoms with Gasteiger partial charge in [-0.3, -0.25) is 8.87 Å². The van der Waals surface area contributed by atoms with Gasteiger partial charge in [0.05, 0.1) is 33.3 Å². The van der Waals surface area contributed by atoms with Crippen LogP contribution in [0.1, 0.15) is 26.7 Å². The highest BCUT2D eigenvalue weighted by atomic mass is 35.5. The van der Waals surface area contributed by atoms with Crippen LogP contribution in [0.2, 0.25) is 5.02 Å². The van der Waals surface area contributed by atoms with Crippen LogP contribution in [0.25, 0.3) is 10.9 Å². The van der Waals surface area contributed by atoms with Gasteiger partial charge in [0.2, 0.25) is 10.0 Å². The molecule has 1 saturated heterocycles. The Kier molecular flexibility index (Phi) is 6.32. The second-order valence-electron chi connectivity index (χ2n) is 9.93. The van der Waals surface area contributed by atoms with E-state index in [1.807, 2.05) is 0 Å². The van der Waals surface area contributed by atoms with E-state index in [-0.39, 0.29) is 41.4 Å². The number of fused-ring (bicyclic) bond motifs is 1. The molecule has 0 N–H and O–H groups in total. The molecule has 1 spiro atoms. The highest BCUT2D eigenvalue weighted by Gasteiger charge is 2.53. The van der Waals surface area contributed by atoms with Gasteiger partial charge in [-0.2, -0.15) is 25.7 Å². The average Bonchev–Trinajstić information content (AvgIpc) is 3.20. The molecule has 1 aliphatic carbocycles. The summed E-state index contributed by atoms with van der Waals surface area (Å²) in [6.07, 6.45) is -1.19. The molecule has 0 amide bonds. The predicted molar refractivity (Wildman–Crippen MR) is 133 cm³/mol. The first-order chi connectivity index (χ1) is 17.5. The quantitative estimate of drug-likeness (QED) is 0.400. The van der Waals surface area contributed by atoms with Gasteiger partial charge in [0.25, 0.3) is 10.0 Å². The second kappa shape index (κ2) is 8.83. The monoisotopic (exact) mass is 597 g/mol. The zero-order chi connectivity index (χ0) is 27.8. The number of benzene rings is 1. The molecule has 38 heavy (non-hydrogen) atoms. The molecule has 1 saturated carbocycles. The predicted octanol–water partition coefficient (Wildman–Crippen LogP) is 3.67. The van der Waals surface area contributed by atoms with E-state index in [1.54, 1.807) is 4.90 Å². The van der Waals surface area contributed by atoms with E-state index in [1.165, 1.54) is 18.7 Å². The molecule has 9 nitrogen and oxygen atoms in total. The number of alkyl halides is 3. The number of hydrogen-bond donors (Lipinski definition) is 0. The lowest BCUT2D eigenvalue weighted by molar-refractivity contribution is -0.147. The summed E-state index contributed by atoms with van der Waals surface area (Å²) in [5.41, 5.74) is -0.857. The number of aromatic nitrogens is 3. The first-order valence-electron chi connectivity index (χ1n) is 11.7. The first-order valence-corrected chi connectivity index (χ1v) is 15.0. The molecule has 0 bridgehead atoms. The molecule has 3 aromatic rings. The van der Waals surface area contributed by atoms with E-state index in [0.29, 0.717) is 16.9 Å². The molecule has 2 aliphatic rings. The molecule has 1 aromatic carbocycles. The summed E-state index contributed by atoms with van der Waals surface area (Å²) in [6, 6.07) is 3.06. The topological polar surface area (TPSA) is 97.5 Å². The van der Waals surface area contributed by atoms with Crippen LogP contribution in [-0.2, 0) is 20.0 Å². The molecule has 3 heterocycles. The standard InChI is InChI=1S/C22H24ClF4N5O4S2/c1-14(2)37(33,34)30-6-3-16(11-30)38(35,36)32-18-10-15(24)9-17(23)19(18)20(28-32)31-8-7-29(13-22(25,26)27)12-21(31)4-5-21/h3,6,9-11,14H,4-5,7-8,12-13H2,1-2H3. The third kappa shape index (κ3) is 4.56. The van der Waals surface area contributed by atoms with Crippen LogP contribution in [0.15, 0.2) is 35.5 Å². The summed E-state index contributed by atoms with van der Waals surface area (Å²) in [5.74, 6) is -0.701. The van der Waals surface area contributed by atoms with E-state index >= 15 is 0 Å². The van der Waals surface area contributed by atoms with Crippen LogP contribution in [0.5, 0.6) is 0 Å². The zero-order valence-corrected chi connectivity index (χ0v) is 22.7. The molecule has 1 aliphatic heterocycles. The van der Waals surface area contributed by atoms with Crippen LogP contribution < -0.4 is 4.90 Å². The van der Waals surface area contributed by atoms with Crippen molar-refractivity contribution in [2.24, 2.45) is 0 Å². The van der Waals surface area contributed by atoms with Gasteiger partial charge in [-0.15, -0.1) is 5.10 Å². The number of halogens is 5. The third-order valence-electron chi connectivity index (χ3n) is 6.92. The van der Waals surface area contributed by atoms with Gasteiger partial charge in [-0.1, -0.05) is 11.6 Å². The Bertz CT molecular complexity index is 1630. The number of piperazine rings is 1. The van der Waals surface area contributed by atoms with Gasteiger partial charge in [-0.05, 0) is 38.8 Å². The number of nitrogens with zero attached hydrogens (tertiary/aromatic N) is 5. The molecule has 5 rings (SSSR count). The Hall–Kier alpha value is -2.36. The largest absolute Gasteiger partial charge is 0.401 e. The highest BCUT2D eigenvalue weighted by molar-refractivity contribution is 7.91. The summed E-state index contributed by atoms with van der Waals surface area (Å²) in [4.78, 5) is 2.67. The van der Waals surface area contributed by atoms with Gasteiger partial charge in [0.15, 0.2) is 5.82 Å². The Morgan fingerprint density at radius 1 is 1.13 bits per heavy atom. The van der Waals surface area contributed by atoms with Crippen molar-refractivity contribution in [2.75, 3.05) is 31.1 Å².